The van der Waals surface area contributed by atoms with Crippen molar-refractivity contribution in [1.82, 2.24) is 15.0 Å². The summed E-state index contributed by atoms with van der Waals surface area (Å²) in [6.07, 6.45) is 1.89. The van der Waals surface area contributed by atoms with E-state index in [0.717, 1.165) is 10.2 Å². The van der Waals surface area contributed by atoms with E-state index in [1.807, 2.05) is 32.2 Å². The zero-order valence-corrected chi connectivity index (χ0v) is 11.5. The Labute approximate surface area is 109 Å². The van der Waals surface area contributed by atoms with Crippen LogP contribution in [0.1, 0.15) is 25.1 Å². The van der Waals surface area contributed by atoms with Crippen LogP contribution in [-0.4, -0.2) is 15.0 Å². The van der Waals surface area contributed by atoms with Crippen LogP contribution in [0, 0.1) is 0 Å². The van der Waals surface area contributed by atoms with Gasteiger partial charge in [0.1, 0.15) is 5.69 Å². The van der Waals surface area contributed by atoms with Gasteiger partial charge in [-0.25, -0.2) is 4.68 Å². The van der Waals surface area contributed by atoms with Crippen LogP contribution in [0.2, 0.25) is 0 Å². The lowest BCUT2D eigenvalue weighted by atomic mass is 10.0. The quantitative estimate of drug-likeness (QED) is 0.945. The molecule has 0 aliphatic rings. The number of nitrogens with two attached hydrogens (primary N) is 1. The Bertz CT molecular complexity index is 513. The molecule has 0 fully saturated rings. The first-order valence-electron chi connectivity index (χ1n) is 5.39. The molecule has 0 aliphatic heterocycles. The molecule has 2 aromatic rings. The largest absolute Gasteiger partial charge is 0.320 e. The van der Waals surface area contributed by atoms with E-state index >= 15 is 0 Å². The molecule has 0 bridgehead atoms. The molecule has 17 heavy (non-hydrogen) atoms. The Kier molecular flexibility index (Phi) is 3.31. The third kappa shape index (κ3) is 3.14. The van der Waals surface area contributed by atoms with Gasteiger partial charge < -0.3 is 5.73 Å². The Morgan fingerprint density at radius 2 is 2.18 bits per heavy atom. The summed E-state index contributed by atoms with van der Waals surface area (Å²) in [5.41, 5.74) is 7.49. The molecule has 1 heterocycles. The van der Waals surface area contributed by atoms with Crippen LogP contribution in [-0.2, 0) is 12.1 Å². The van der Waals surface area contributed by atoms with Crippen LogP contribution >= 0.6 is 15.9 Å². The van der Waals surface area contributed by atoms with Crippen molar-refractivity contribution < 1.29 is 0 Å². The van der Waals surface area contributed by atoms with Gasteiger partial charge in [0.05, 0.1) is 18.3 Å². The van der Waals surface area contributed by atoms with E-state index in [2.05, 4.69) is 38.4 Å². The Balaban J connectivity index is 2.17. The topological polar surface area (TPSA) is 56.7 Å². The number of aromatic nitrogens is 3. The van der Waals surface area contributed by atoms with Gasteiger partial charge in [-0.15, -0.1) is 5.10 Å². The molecular weight excluding hydrogens is 280 g/mol. The van der Waals surface area contributed by atoms with E-state index in [4.69, 9.17) is 5.73 Å². The number of hydrogen-bond acceptors (Lipinski definition) is 3. The smallest absolute Gasteiger partial charge is 0.102 e. The average molecular weight is 295 g/mol. The molecule has 0 spiro atoms. The van der Waals surface area contributed by atoms with Gasteiger partial charge in [0.2, 0.25) is 0 Å². The summed E-state index contributed by atoms with van der Waals surface area (Å²) < 4.78 is 2.86. The van der Waals surface area contributed by atoms with E-state index in [-0.39, 0.29) is 0 Å². The summed E-state index contributed by atoms with van der Waals surface area (Å²) in [7, 11) is 0. The van der Waals surface area contributed by atoms with Gasteiger partial charge in [-0.3, -0.25) is 0 Å². The second-order valence-electron chi connectivity index (χ2n) is 4.65. The van der Waals surface area contributed by atoms with E-state index in [0.29, 0.717) is 6.54 Å². The predicted octanol–water partition coefficient (Wildman–Crippen LogP) is 2.28. The zero-order valence-electron chi connectivity index (χ0n) is 9.89. The van der Waals surface area contributed by atoms with Gasteiger partial charge in [0.25, 0.3) is 0 Å². The fourth-order valence-corrected chi connectivity index (χ4v) is 1.94. The highest BCUT2D eigenvalue weighted by molar-refractivity contribution is 9.10. The lowest BCUT2D eigenvalue weighted by molar-refractivity contribution is 0.533. The SMILES string of the molecule is CC(C)(N)c1cn(Cc2cccc(Br)c2)nn1. The second-order valence-corrected chi connectivity index (χ2v) is 5.57. The molecule has 90 valence electrons. The lowest BCUT2D eigenvalue weighted by Crippen LogP contribution is -2.29. The van der Waals surface area contributed by atoms with E-state index in [9.17, 15) is 0 Å². The minimum absolute atomic E-state index is 0.449. The van der Waals surface area contributed by atoms with Crippen LogP contribution < -0.4 is 5.73 Å². The third-order valence-corrected chi connectivity index (χ3v) is 2.93. The van der Waals surface area contributed by atoms with Crippen molar-refractivity contribution in [2.24, 2.45) is 5.73 Å². The molecule has 0 saturated heterocycles. The number of halogens is 1. The van der Waals surface area contributed by atoms with Gasteiger partial charge in [-0.05, 0) is 31.5 Å². The molecule has 0 aliphatic carbocycles. The zero-order chi connectivity index (χ0) is 12.5. The molecule has 0 unspecified atom stereocenters. The number of rotatable bonds is 3. The first kappa shape index (κ1) is 12.3. The molecule has 0 atom stereocenters. The van der Waals surface area contributed by atoms with E-state index < -0.39 is 5.54 Å². The summed E-state index contributed by atoms with van der Waals surface area (Å²) in [5.74, 6) is 0. The van der Waals surface area contributed by atoms with Gasteiger partial charge >= 0.3 is 0 Å². The number of hydrogen-bond donors (Lipinski definition) is 1. The van der Waals surface area contributed by atoms with Gasteiger partial charge in [0.15, 0.2) is 0 Å². The van der Waals surface area contributed by atoms with Crippen LogP contribution in [0.25, 0.3) is 0 Å². The second kappa shape index (κ2) is 4.58. The molecule has 2 N–H and O–H groups in total. The molecular formula is C12H15BrN4. The molecule has 4 nitrogen and oxygen atoms in total. The van der Waals surface area contributed by atoms with Crippen molar-refractivity contribution in [1.29, 1.82) is 0 Å². The maximum Gasteiger partial charge on any atom is 0.102 e. The standard InChI is InChI=1S/C12H15BrN4/c1-12(2,14)11-8-17(16-15-11)7-9-4-3-5-10(13)6-9/h3-6,8H,7,14H2,1-2H3. The fourth-order valence-electron chi connectivity index (χ4n) is 1.49. The normalized spacial score (nSPS) is 11.8. The highest BCUT2D eigenvalue weighted by atomic mass is 79.9. The van der Waals surface area contributed by atoms with E-state index in [1.165, 1.54) is 5.56 Å². The average Bonchev–Trinajstić information content (AvgIpc) is 2.65. The summed E-state index contributed by atoms with van der Waals surface area (Å²) in [6, 6.07) is 8.12. The lowest BCUT2D eigenvalue weighted by Gasteiger charge is -2.13. The van der Waals surface area contributed by atoms with Crippen LogP contribution in [0.4, 0.5) is 0 Å². The third-order valence-electron chi connectivity index (χ3n) is 2.43. The summed E-state index contributed by atoms with van der Waals surface area (Å²) >= 11 is 3.45. The highest BCUT2D eigenvalue weighted by Gasteiger charge is 2.18. The summed E-state index contributed by atoms with van der Waals surface area (Å²) in [6.45, 7) is 4.53. The minimum Gasteiger partial charge on any atom is -0.320 e. The van der Waals surface area contributed by atoms with Crippen LogP contribution in [0.15, 0.2) is 34.9 Å². The molecule has 2 rings (SSSR count). The predicted molar refractivity (Wildman–Crippen MR) is 70.5 cm³/mol. The van der Waals surface area contributed by atoms with Gasteiger partial charge in [-0.2, -0.15) is 0 Å². The molecule has 1 aromatic heterocycles. The van der Waals surface area contributed by atoms with Crippen LogP contribution in [0.5, 0.6) is 0 Å². The fraction of sp³-hybridized carbons (Fsp3) is 0.333. The first-order valence-corrected chi connectivity index (χ1v) is 6.18. The van der Waals surface area contributed by atoms with Gasteiger partial charge in [-0.1, -0.05) is 33.3 Å². The van der Waals surface area contributed by atoms with Crippen molar-refractivity contribution in [2.45, 2.75) is 25.9 Å². The number of benzene rings is 1. The monoisotopic (exact) mass is 294 g/mol. The minimum atomic E-state index is -0.449. The van der Waals surface area contributed by atoms with Crippen molar-refractivity contribution in [3.8, 4) is 0 Å². The summed E-state index contributed by atoms with van der Waals surface area (Å²) in [4.78, 5) is 0. The van der Waals surface area contributed by atoms with Crippen molar-refractivity contribution in [3.63, 3.8) is 0 Å². The molecule has 1 aromatic carbocycles. The molecule has 5 heteroatoms. The highest BCUT2D eigenvalue weighted by Crippen LogP contribution is 2.15. The molecule has 0 saturated carbocycles. The molecule has 0 amide bonds. The Hall–Kier alpha value is -1.20. The Morgan fingerprint density at radius 1 is 1.41 bits per heavy atom. The van der Waals surface area contributed by atoms with Crippen molar-refractivity contribution >= 4 is 15.9 Å². The summed E-state index contributed by atoms with van der Waals surface area (Å²) in [5, 5.41) is 8.16. The van der Waals surface area contributed by atoms with Crippen molar-refractivity contribution in [3.05, 3.63) is 46.2 Å². The maximum absolute atomic E-state index is 5.96. The van der Waals surface area contributed by atoms with Crippen molar-refractivity contribution in [2.75, 3.05) is 0 Å². The Morgan fingerprint density at radius 3 is 2.76 bits per heavy atom. The van der Waals surface area contributed by atoms with Gasteiger partial charge in [0, 0.05) is 4.47 Å². The molecule has 0 radical (unpaired) electrons. The van der Waals surface area contributed by atoms with E-state index in [1.54, 1.807) is 4.68 Å². The number of nitrogens with zero attached hydrogens (tertiary/aromatic N) is 3. The first-order chi connectivity index (χ1) is 7.95. The van der Waals surface area contributed by atoms with Crippen LogP contribution in [0.3, 0.4) is 0 Å². The maximum atomic E-state index is 5.96.